The smallest absolute Gasteiger partial charge is 0.239 e. The van der Waals surface area contributed by atoms with Crippen LogP contribution in [0, 0.1) is 0 Å². The van der Waals surface area contributed by atoms with Crippen LogP contribution in [-0.4, -0.2) is 21.6 Å². The van der Waals surface area contributed by atoms with Crippen LogP contribution in [0.15, 0.2) is 6.20 Å². The molecule has 0 atom stereocenters. The number of carbonyl (C=O) groups excluding carboxylic acids is 1. The van der Waals surface area contributed by atoms with Gasteiger partial charge in [-0.05, 0) is 0 Å². The molecule has 0 radical (unpaired) electrons. The lowest BCUT2D eigenvalue weighted by atomic mass is 10.5. The first kappa shape index (κ1) is 9.35. The second-order valence-electron chi connectivity index (χ2n) is 2.15. The van der Waals surface area contributed by atoms with Gasteiger partial charge in [0.25, 0.3) is 0 Å². The summed E-state index contributed by atoms with van der Waals surface area (Å²) in [6.45, 7) is 0. The Morgan fingerprint density at radius 3 is 2.92 bits per heavy atom. The third-order valence-electron chi connectivity index (χ3n) is 1.26. The molecule has 0 aliphatic carbocycles. The van der Waals surface area contributed by atoms with Crippen molar-refractivity contribution >= 4 is 34.8 Å². The minimum Gasteiger partial charge on any atom is -0.321 e. The Hall–Kier alpha value is -0.740. The number of aromatic nitrogens is 2. The number of hydrogen-bond donors (Lipinski definition) is 1. The summed E-state index contributed by atoms with van der Waals surface area (Å²) in [5, 5.41) is 6.71. The zero-order valence-electron chi connectivity index (χ0n) is 6.34. The fourth-order valence-electron chi connectivity index (χ4n) is 0.690. The Kier molecular flexibility index (Phi) is 2.94. The van der Waals surface area contributed by atoms with Crippen molar-refractivity contribution in [3.63, 3.8) is 0 Å². The van der Waals surface area contributed by atoms with E-state index >= 15 is 0 Å². The standard InChI is InChI=1S/C6H7Cl2N3O/c1-11-6(8)4(3-9-11)10-5(12)2-7/h3H,2H2,1H3,(H,10,12). The lowest BCUT2D eigenvalue weighted by Crippen LogP contribution is -2.12. The third-order valence-corrected chi connectivity index (χ3v) is 1.95. The largest absolute Gasteiger partial charge is 0.321 e. The lowest BCUT2D eigenvalue weighted by molar-refractivity contribution is -0.113. The maximum Gasteiger partial charge on any atom is 0.239 e. The molecule has 0 bridgehead atoms. The number of carbonyl (C=O) groups is 1. The van der Waals surface area contributed by atoms with Gasteiger partial charge in [0.1, 0.15) is 11.0 Å². The maximum absolute atomic E-state index is 10.8. The molecule has 0 saturated carbocycles. The van der Waals surface area contributed by atoms with Gasteiger partial charge in [-0.25, -0.2) is 0 Å². The summed E-state index contributed by atoms with van der Waals surface area (Å²) in [6, 6.07) is 0. The number of halogens is 2. The van der Waals surface area contributed by atoms with Crippen LogP contribution in [0.4, 0.5) is 5.69 Å². The summed E-state index contributed by atoms with van der Waals surface area (Å²) < 4.78 is 1.45. The number of rotatable bonds is 2. The Morgan fingerprint density at radius 2 is 2.50 bits per heavy atom. The van der Waals surface area contributed by atoms with Crippen LogP contribution in [0.2, 0.25) is 5.15 Å². The van der Waals surface area contributed by atoms with E-state index in [9.17, 15) is 4.79 Å². The summed E-state index contributed by atoms with van der Waals surface area (Å²) in [5.41, 5.74) is 0.477. The van der Waals surface area contributed by atoms with E-state index in [2.05, 4.69) is 10.4 Å². The normalized spacial score (nSPS) is 9.92. The quantitative estimate of drug-likeness (QED) is 0.743. The van der Waals surface area contributed by atoms with E-state index in [0.29, 0.717) is 10.8 Å². The predicted molar refractivity (Wildman–Crippen MR) is 47.6 cm³/mol. The summed E-state index contributed by atoms with van der Waals surface area (Å²) in [6.07, 6.45) is 1.47. The van der Waals surface area contributed by atoms with Crippen LogP contribution >= 0.6 is 23.2 Å². The SMILES string of the molecule is Cn1ncc(NC(=O)CCl)c1Cl. The van der Waals surface area contributed by atoms with Crippen molar-refractivity contribution in [3.05, 3.63) is 11.3 Å². The average Bonchev–Trinajstić information content (AvgIpc) is 2.36. The number of alkyl halides is 1. The number of amides is 1. The highest BCUT2D eigenvalue weighted by Gasteiger charge is 2.07. The van der Waals surface area contributed by atoms with Gasteiger partial charge in [-0.15, -0.1) is 11.6 Å². The van der Waals surface area contributed by atoms with E-state index in [4.69, 9.17) is 23.2 Å². The molecule has 0 unspecified atom stereocenters. The first-order valence-electron chi connectivity index (χ1n) is 3.18. The molecular formula is C6H7Cl2N3O. The summed E-state index contributed by atoms with van der Waals surface area (Å²) in [4.78, 5) is 10.8. The van der Waals surface area contributed by atoms with Crippen molar-refractivity contribution in [2.24, 2.45) is 7.05 Å². The Balaban J connectivity index is 2.76. The van der Waals surface area contributed by atoms with Crippen LogP contribution < -0.4 is 5.32 Å². The van der Waals surface area contributed by atoms with Gasteiger partial charge in [0.15, 0.2) is 0 Å². The van der Waals surface area contributed by atoms with E-state index in [1.54, 1.807) is 7.05 Å². The van der Waals surface area contributed by atoms with Crippen LogP contribution in [0.3, 0.4) is 0 Å². The first-order chi connectivity index (χ1) is 5.65. The monoisotopic (exact) mass is 207 g/mol. The highest BCUT2D eigenvalue weighted by Crippen LogP contribution is 2.19. The van der Waals surface area contributed by atoms with Crippen molar-refractivity contribution in [2.45, 2.75) is 0 Å². The van der Waals surface area contributed by atoms with Crippen molar-refractivity contribution in [1.82, 2.24) is 9.78 Å². The lowest BCUT2D eigenvalue weighted by Gasteiger charge is -1.98. The number of aryl methyl sites for hydroxylation is 1. The van der Waals surface area contributed by atoms with E-state index < -0.39 is 0 Å². The number of nitrogens with zero attached hydrogens (tertiary/aromatic N) is 2. The Morgan fingerprint density at radius 1 is 1.83 bits per heavy atom. The minimum atomic E-state index is -0.299. The molecule has 1 aromatic rings. The second-order valence-corrected chi connectivity index (χ2v) is 2.78. The molecule has 4 nitrogen and oxygen atoms in total. The topological polar surface area (TPSA) is 46.9 Å². The van der Waals surface area contributed by atoms with Crippen molar-refractivity contribution in [1.29, 1.82) is 0 Å². The van der Waals surface area contributed by atoms with Gasteiger partial charge in [-0.1, -0.05) is 11.6 Å². The zero-order valence-corrected chi connectivity index (χ0v) is 7.85. The number of nitrogens with one attached hydrogen (secondary N) is 1. The second kappa shape index (κ2) is 3.78. The Labute approximate surface area is 79.5 Å². The van der Waals surface area contributed by atoms with Crippen molar-refractivity contribution in [3.8, 4) is 0 Å². The molecule has 0 fully saturated rings. The molecule has 1 amide bonds. The predicted octanol–water partition coefficient (Wildman–Crippen LogP) is 1.25. The van der Waals surface area contributed by atoms with Crippen molar-refractivity contribution in [2.75, 3.05) is 11.2 Å². The molecule has 1 heterocycles. The molecule has 0 aliphatic heterocycles. The van der Waals surface area contributed by atoms with Gasteiger partial charge < -0.3 is 5.32 Å². The van der Waals surface area contributed by atoms with Gasteiger partial charge in [0.2, 0.25) is 5.91 Å². The van der Waals surface area contributed by atoms with E-state index in [1.165, 1.54) is 10.9 Å². The highest BCUT2D eigenvalue weighted by atomic mass is 35.5. The molecule has 0 aromatic carbocycles. The van der Waals surface area contributed by atoms with Gasteiger partial charge in [-0.3, -0.25) is 9.48 Å². The van der Waals surface area contributed by atoms with Gasteiger partial charge in [-0.2, -0.15) is 5.10 Å². The average molecular weight is 208 g/mol. The Bertz CT molecular complexity index is 297. The minimum absolute atomic E-state index is 0.0920. The fraction of sp³-hybridized carbons (Fsp3) is 0.333. The summed E-state index contributed by atoms with van der Waals surface area (Å²) >= 11 is 11.0. The molecule has 6 heteroatoms. The molecule has 1 aromatic heterocycles. The molecule has 66 valence electrons. The van der Waals surface area contributed by atoms with Crippen molar-refractivity contribution < 1.29 is 4.79 Å². The third kappa shape index (κ3) is 1.89. The van der Waals surface area contributed by atoms with E-state index in [0.717, 1.165) is 0 Å². The van der Waals surface area contributed by atoms with E-state index in [-0.39, 0.29) is 11.8 Å². The first-order valence-corrected chi connectivity index (χ1v) is 4.09. The molecule has 0 spiro atoms. The van der Waals surface area contributed by atoms with Crippen LogP contribution in [0.1, 0.15) is 0 Å². The van der Waals surface area contributed by atoms with Gasteiger partial charge >= 0.3 is 0 Å². The maximum atomic E-state index is 10.8. The van der Waals surface area contributed by atoms with Crippen LogP contribution in [-0.2, 0) is 11.8 Å². The molecular weight excluding hydrogens is 201 g/mol. The number of anilines is 1. The van der Waals surface area contributed by atoms with E-state index in [1.807, 2.05) is 0 Å². The molecule has 0 saturated heterocycles. The zero-order chi connectivity index (χ0) is 9.14. The highest BCUT2D eigenvalue weighted by molar-refractivity contribution is 6.33. The summed E-state index contributed by atoms with van der Waals surface area (Å²) in [7, 11) is 1.68. The number of hydrogen-bond acceptors (Lipinski definition) is 2. The van der Waals surface area contributed by atoms with Crippen LogP contribution in [0.5, 0.6) is 0 Å². The van der Waals surface area contributed by atoms with Gasteiger partial charge in [0.05, 0.1) is 11.9 Å². The molecule has 12 heavy (non-hydrogen) atoms. The van der Waals surface area contributed by atoms with Gasteiger partial charge in [0, 0.05) is 7.05 Å². The molecule has 1 rings (SSSR count). The molecule has 0 aliphatic rings. The molecule has 1 N–H and O–H groups in total. The fourth-order valence-corrected chi connectivity index (χ4v) is 0.897. The summed E-state index contributed by atoms with van der Waals surface area (Å²) in [5.74, 6) is -0.392. The van der Waals surface area contributed by atoms with Crippen LogP contribution in [0.25, 0.3) is 0 Å².